The van der Waals surface area contributed by atoms with Crippen molar-refractivity contribution < 1.29 is 32.6 Å². The molecule has 5 nitrogen and oxygen atoms in total. The van der Waals surface area contributed by atoms with Gasteiger partial charge in [-0.15, -0.1) is 0 Å². The summed E-state index contributed by atoms with van der Waals surface area (Å²) in [6.45, 7) is 4.82. The fourth-order valence-electron chi connectivity index (χ4n) is 2.67. The van der Waals surface area contributed by atoms with E-state index in [1.807, 2.05) is 0 Å². The largest absolute Gasteiger partial charge is 0.481 e. The molecule has 2 N–H and O–H groups in total. The number of hydrogen-bond donors (Lipinski definition) is 2. The lowest BCUT2D eigenvalue weighted by atomic mass is 9.98. The Kier molecular flexibility index (Phi) is 6.89. The minimum atomic E-state index is -4.50. The van der Waals surface area contributed by atoms with E-state index in [0.717, 1.165) is 17.7 Å². The monoisotopic (exact) mass is 409 g/mol. The van der Waals surface area contributed by atoms with Crippen LogP contribution in [0.4, 0.5) is 18.9 Å². The van der Waals surface area contributed by atoms with Gasteiger partial charge in [0.1, 0.15) is 5.75 Å². The highest BCUT2D eigenvalue weighted by Gasteiger charge is 2.31. The number of hydrogen-bond acceptors (Lipinski definition) is 3. The lowest BCUT2D eigenvalue weighted by molar-refractivity contribution is -0.138. The van der Waals surface area contributed by atoms with Gasteiger partial charge < -0.3 is 15.2 Å². The number of halogens is 3. The van der Waals surface area contributed by atoms with E-state index >= 15 is 0 Å². The highest BCUT2D eigenvalue weighted by atomic mass is 19.4. The number of rotatable bonds is 7. The van der Waals surface area contributed by atoms with Gasteiger partial charge in [0.05, 0.1) is 12.0 Å². The predicted octanol–water partition coefficient (Wildman–Crippen LogP) is 5.00. The van der Waals surface area contributed by atoms with Gasteiger partial charge in [0.2, 0.25) is 0 Å². The third-order valence-electron chi connectivity index (χ3n) is 4.42. The van der Waals surface area contributed by atoms with Crippen LogP contribution in [0, 0.1) is 6.92 Å². The molecule has 2 unspecified atom stereocenters. The number of nitrogens with one attached hydrogen (secondary N) is 1. The average Bonchev–Trinajstić information content (AvgIpc) is 2.62. The van der Waals surface area contributed by atoms with E-state index in [1.54, 1.807) is 38.1 Å². The van der Waals surface area contributed by atoms with Crippen LogP contribution in [0.3, 0.4) is 0 Å². The molecule has 2 aromatic rings. The molecule has 156 valence electrons. The molecule has 2 aromatic carbocycles. The number of carboxylic acid groups (broad SMARTS) is 1. The highest BCUT2D eigenvalue weighted by Crippen LogP contribution is 2.33. The number of carbonyl (C=O) groups is 2. The van der Waals surface area contributed by atoms with Crippen molar-refractivity contribution in [1.29, 1.82) is 0 Å². The summed E-state index contributed by atoms with van der Waals surface area (Å²) in [6, 6.07) is 9.82. The molecule has 0 bridgehead atoms. The first-order chi connectivity index (χ1) is 13.5. The maximum atomic E-state index is 12.9. The second-order valence-electron chi connectivity index (χ2n) is 6.85. The molecule has 0 saturated heterocycles. The SMILES string of the molecule is Cc1ccc(C(F)(F)F)cc1OC(C)C(=O)Nc1ccc(C(C)CC(=O)O)cc1. The number of ether oxygens (including phenoxy) is 1. The molecule has 0 aliphatic carbocycles. The van der Waals surface area contributed by atoms with E-state index in [0.29, 0.717) is 11.3 Å². The summed E-state index contributed by atoms with van der Waals surface area (Å²) in [6.07, 6.45) is -5.54. The van der Waals surface area contributed by atoms with Crippen molar-refractivity contribution in [3.05, 3.63) is 59.2 Å². The summed E-state index contributed by atoms with van der Waals surface area (Å²) in [5, 5.41) is 11.5. The van der Waals surface area contributed by atoms with Crippen LogP contribution in [0.15, 0.2) is 42.5 Å². The molecule has 0 fully saturated rings. The number of carboxylic acids is 1. The second kappa shape index (κ2) is 8.98. The number of carbonyl (C=O) groups excluding carboxylic acids is 1. The molecule has 0 spiro atoms. The molecule has 1 amide bonds. The smallest absolute Gasteiger partial charge is 0.416 e. The molecule has 8 heteroatoms. The average molecular weight is 409 g/mol. The van der Waals surface area contributed by atoms with Crippen LogP contribution in [-0.2, 0) is 15.8 Å². The Hall–Kier alpha value is -3.03. The maximum absolute atomic E-state index is 12.9. The van der Waals surface area contributed by atoms with Crippen LogP contribution in [0.5, 0.6) is 5.75 Å². The van der Waals surface area contributed by atoms with Crippen LogP contribution >= 0.6 is 0 Å². The molecule has 0 aliphatic heterocycles. The number of alkyl halides is 3. The van der Waals surface area contributed by atoms with Crippen molar-refractivity contribution in [2.75, 3.05) is 5.32 Å². The summed E-state index contributed by atoms with van der Waals surface area (Å²) in [7, 11) is 0. The minimum Gasteiger partial charge on any atom is -0.481 e. The van der Waals surface area contributed by atoms with Crippen LogP contribution < -0.4 is 10.1 Å². The number of anilines is 1. The van der Waals surface area contributed by atoms with E-state index in [-0.39, 0.29) is 18.1 Å². The number of aryl methyl sites for hydroxylation is 1. The zero-order valence-electron chi connectivity index (χ0n) is 16.2. The molecular weight excluding hydrogens is 387 g/mol. The lowest BCUT2D eigenvalue weighted by Gasteiger charge is -2.18. The Morgan fingerprint density at radius 1 is 1.10 bits per heavy atom. The molecule has 2 atom stereocenters. The van der Waals surface area contributed by atoms with Crippen LogP contribution in [0.2, 0.25) is 0 Å². The van der Waals surface area contributed by atoms with Crippen molar-refractivity contribution >= 4 is 17.6 Å². The van der Waals surface area contributed by atoms with E-state index in [1.165, 1.54) is 13.0 Å². The first kappa shape index (κ1) is 22.3. The van der Waals surface area contributed by atoms with Crippen molar-refractivity contribution in [2.45, 2.75) is 45.4 Å². The number of aliphatic carboxylic acids is 1. The fourth-order valence-corrected chi connectivity index (χ4v) is 2.67. The van der Waals surface area contributed by atoms with E-state index in [9.17, 15) is 22.8 Å². The molecule has 2 rings (SSSR count). The molecule has 0 heterocycles. The molecule has 0 saturated carbocycles. The zero-order chi connectivity index (χ0) is 21.8. The van der Waals surface area contributed by atoms with Crippen molar-refractivity contribution in [1.82, 2.24) is 0 Å². The van der Waals surface area contributed by atoms with Crippen molar-refractivity contribution in [3.63, 3.8) is 0 Å². The van der Waals surface area contributed by atoms with Gasteiger partial charge in [0.25, 0.3) is 5.91 Å². The van der Waals surface area contributed by atoms with E-state index in [2.05, 4.69) is 5.32 Å². The fraction of sp³-hybridized carbons (Fsp3) is 0.333. The maximum Gasteiger partial charge on any atom is 0.416 e. The first-order valence-corrected chi connectivity index (χ1v) is 8.94. The highest BCUT2D eigenvalue weighted by molar-refractivity contribution is 5.94. The summed E-state index contributed by atoms with van der Waals surface area (Å²) in [5.74, 6) is -1.61. The quantitative estimate of drug-likeness (QED) is 0.675. The topological polar surface area (TPSA) is 75.6 Å². The van der Waals surface area contributed by atoms with Gasteiger partial charge in [0.15, 0.2) is 6.10 Å². The van der Waals surface area contributed by atoms with Gasteiger partial charge in [0, 0.05) is 5.69 Å². The van der Waals surface area contributed by atoms with Gasteiger partial charge >= 0.3 is 12.1 Å². The first-order valence-electron chi connectivity index (χ1n) is 8.94. The van der Waals surface area contributed by atoms with E-state index in [4.69, 9.17) is 9.84 Å². The molecule has 0 aliphatic rings. The Balaban J connectivity index is 2.03. The zero-order valence-corrected chi connectivity index (χ0v) is 16.2. The normalized spacial score (nSPS) is 13.4. The molecule has 29 heavy (non-hydrogen) atoms. The Morgan fingerprint density at radius 3 is 2.28 bits per heavy atom. The third kappa shape index (κ3) is 6.23. The lowest BCUT2D eigenvalue weighted by Crippen LogP contribution is -2.30. The Bertz CT molecular complexity index is 878. The number of benzene rings is 2. The van der Waals surface area contributed by atoms with Crippen LogP contribution in [-0.4, -0.2) is 23.1 Å². The van der Waals surface area contributed by atoms with Gasteiger partial charge in [-0.05, 0) is 55.2 Å². The van der Waals surface area contributed by atoms with Gasteiger partial charge in [-0.25, -0.2) is 0 Å². The molecule has 0 radical (unpaired) electrons. The second-order valence-corrected chi connectivity index (χ2v) is 6.85. The van der Waals surface area contributed by atoms with Crippen LogP contribution in [0.1, 0.15) is 42.9 Å². The summed E-state index contributed by atoms with van der Waals surface area (Å²) in [4.78, 5) is 23.1. The standard InChI is InChI=1S/C21H22F3NO4/c1-12-4-7-16(21(22,23)24)11-18(12)29-14(3)20(28)25-17-8-5-15(6-9-17)13(2)10-19(26)27/h4-9,11,13-14H,10H2,1-3H3,(H,25,28)(H,26,27). The molecular formula is C21H22F3NO4. The van der Waals surface area contributed by atoms with Crippen molar-refractivity contribution in [2.24, 2.45) is 0 Å². The van der Waals surface area contributed by atoms with E-state index < -0.39 is 29.7 Å². The predicted molar refractivity (Wildman–Crippen MR) is 102 cm³/mol. The minimum absolute atomic E-state index is 0.00702. The summed E-state index contributed by atoms with van der Waals surface area (Å²) in [5.41, 5.74) is 0.915. The molecule has 0 aromatic heterocycles. The third-order valence-corrected chi connectivity index (χ3v) is 4.42. The van der Waals surface area contributed by atoms with Crippen molar-refractivity contribution in [3.8, 4) is 5.75 Å². The Morgan fingerprint density at radius 2 is 1.72 bits per heavy atom. The Labute approximate surface area is 166 Å². The van der Waals surface area contributed by atoms with Gasteiger partial charge in [-0.1, -0.05) is 25.1 Å². The van der Waals surface area contributed by atoms with Crippen LogP contribution in [0.25, 0.3) is 0 Å². The van der Waals surface area contributed by atoms with Gasteiger partial charge in [-0.2, -0.15) is 13.2 Å². The number of amides is 1. The van der Waals surface area contributed by atoms with Gasteiger partial charge in [-0.3, -0.25) is 9.59 Å². The summed E-state index contributed by atoms with van der Waals surface area (Å²) >= 11 is 0. The summed E-state index contributed by atoms with van der Waals surface area (Å²) < 4.78 is 44.1.